The number of rotatable bonds is 8. The van der Waals surface area contributed by atoms with Gasteiger partial charge in [0.05, 0.1) is 57.1 Å². The van der Waals surface area contributed by atoms with Gasteiger partial charge in [-0.3, -0.25) is 9.10 Å². The Hall–Kier alpha value is -3.80. The number of esters is 2. The number of hydrogen-bond acceptors (Lipinski definition) is 9. The molecule has 0 bridgehead atoms. The SMILES string of the molecule is COC(=O)c1cc(NC(=O)c2cc(OC)c(OC)cc2N(C)S(C)(=O)=O)cc(C(=O)OC)c1. The zero-order valence-corrected chi connectivity index (χ0v) is 19.7. The molecular formula is C21H24N2O9S. The molecule has 11 nitrogen and oxygen atoms in total. The molecule has 33 heavy (non-hydrogen) atoms. The Kier molecular flexibility index (Phi) is 7.88. The van der Waals surface area contributed by atoms with Crippen LogP contribution in [0.5, 0.6) is 11.5 Å². The second-order valence-electron chi connectivity index (χ2n) is 6.69. The van der Waals surface area contributed by atoms with E-state index in [0.717, 1.165) is 10.6 Å². The second kappa shape index (κ2) is 10.2. The fourth-order valence-electron chi connectivity index (χ4n) is 2.86. The summed E-state index contributed by atoms with van der Waals surface area (Å²) in [7, 11) is 2.61. The average molecular weight is 480 g/mol. The van der Waals surface area contributed by atoms with Crippen molar-refractivity contribution in [2.45, 2.75) is 0 Å². The van der Waals surface area contributed by atoms with Gasteiger partial charge in [0.1, 0.15) is 0 Å². The summed E-state index contributed by atoms with van der Waals surface area (Å²) in [6.45, 7) is 0. The molecular weight excluding hydrogens is 456 g/mol. The van der Waals surface area contributed by atoms with E-state index in [-0.39, 0.29) is 39.6 Å². The van der Waals surface area contributed by atoms with Crippen LogP contribution in [0.4, 0.5) is 11.4 Å². The first-order valence-corrected chi connectivity index (χ1v) is 11.1. The van der Waals surface area contributed by atoms with E-state index in [1.807, 2.05) is 0 Å². The van der Waals surface area contributed by atoms with Crippen LogP contribution >= 0.6 is 0 Å². The summed E-state index contributed by atoms with van der Waals surface area (Å²) >= 11 is 0. The van der Waals surface area contributed by atoms with E-state index in [4.69, 9.17) is 9.47 Å². The van der Waals surface area contributed by atoms with Crippen molar-refractivity contribution in [1.82, 2.24) is 0 Å². The zero-order valence-electron chi connectivity index (χ0n) is 18.9. The highest BCUT2D eigenvalue weighted by molar-refractivity contribution is 7.92. The molecule has 2 rings (SSSR count). The molecule has 178 valence electrons. The standard InChI is InChI=1S/C21H24N2O9S/c1-23(33(6,27)28)16-11-18(30-3)17(29-2)10-15(16)19(24)22-14-8-12(20(25)31-4)7-13(9-14)21(26)32-5/h7-11H,1-6H3,(H,22,24). The topological polar surface area (TPSA) is 138 Å². The van der Waals surface area contributed by atoms with Gasteiger partial charge >= 0.3 is 11.9 Å². The first-order chi connectivity index (χ1) is 15.5. The van der Waals surface area contributed by atoms with Gasteiger partial charge in [-0.2, -0.15) is 0 Å². The summed E-state index contributed by atoms with van der Waals surface area (Å²) in [5.74, 6) is -1.81. The minimum Gasteiger partial charge on any atom is -0.493 e. The minimum absolute atomic E-state index is 0.00325. The minimum atomic E-state index is -3.74. The zero-order chi connectivity index (χ0) is 24.9. The monoisotopic (exact) mass is 480 g/mol. The predicted octanol–water partition coefficient (Wildman–Crippen LogP) is 1.93. The Morgan fingerprint density at radius 3 is 1.73 bits per heavy atom. The van der Waals surface area contributed by atoms with Crippen molar-refractivity contribution >= 4 is 39.2 Å². The summed E-state index contributed by atoms with van der Waals surface area (Å²) in [6, 6.07) is 6.52. The van der Waals surface area contributed by atoms with Crippen LogP contribution in [-0.4, -0.2) is 68.0 Å². The maximum Gasteiger partial charge on any atom is 0.337 e. The Morgan fingerprint density at radius 1 is 0.818 bits per heavy atom. The van der Waals surface area contributed by atoms with Crippen molar-refractivity contribution in [1.29, 1.82) is 0 Å². The molecule has 0 aliphatic rings. The number of hydrogen-bond donors (Lipinski definition) is 1. The lowest BCUT2D eigenvalue weighted by Gasteiger charge is -2.22. The van der Waals surface area contributed by atoms with Gasteiger partial charge in [-0.15, -0.1) is 0 Å². The number of methoxy groups -OCH3 is 4. The molecule has 1 N–H and O–H groups in total. The number of nitrogens with zero attached hydrogens (tertiary/aromatic N) is 1. The molecule has 2 aromatic carbocycles. The molecule has 0 spiro atoms. The molecule has 0 radical (unpaired) electrons. The van der Waals surface area contributed by atoms with E-state index in [1.54, 1.807) is 0 Å². The highest BCUT2D eigenvalue weighted by atomic mass is 32.2. The average Bonchev–Trinajstić information content (AvgIpc) is 2.80. The smallest absolute Gasteiger partial charge is 0.337 e. The van der Waals surface area contributed by atoms with Crippen molar-refractivity contribution in [3.63, 3.8) is 0 Å². The lowest BCUT2D eigenvalue weighted by molar-refractivity contribution is 0.0598. The summed E-state index contributed by atoms with van der Waals surface area (Å²) in [4.78, 5) is 37.2. The van der Waals surface area contributed by atoms with Gasteiger partial charge in [0.15, 0.2) is 11.5 Å². The normalized spacial score (nSPS) is 10.7. The number of nitrogens with one attached hydrogen (secondary N) is 1. The number of benzene rings is 2. The van der Waals surface area contributed by atoms with Crippen LogP contribution in [0.15, 0.2) is 30.3 Å². The quantitative estimate of drug-likeness (QED) is 0.562. The predicted molar refractivity (Wildman–Crippen MR) is 120 cm³/mol. The molecule has 1 amide bonds. The Labute approximate surface area is 191 Å². The summed E-state index contributed by atoms with van der Waals surface area (Å²) in [6.07, 6.45) is 0.980. The first kappa shape index (κ1) is 25.5. The number of anilines is 2. The van der Waals surface area contributed by atoms with E-state index in [9.17, 15) is 22.8 Å². The third-order valence-electron chi connectivity index (χ3n) is 4.62. The highest BCUT2D eigenvalue weighted by Gasteiger charge is 2.24. The first-order valence-electron chi connectivity index (χ1n) is 9.29. The van der Waals surface area contributed by atoms with E-state index in [1.165, 1.54) is 65.8 Å². The van der Waals surface area contributed by atoms with Crippen LogP contribution in [0.25, 0.3) is 0 Å². The van der Waals surface area contributed by atoms with Crippen molar-refractivity contribution in [3.05, 3.63) is 47.0 Å². The van der Waals surface area contributed by atoms with Gasteiger partial charge in [0.2, 0.25) is 10.0 Å². The van der Waals surface area contributed by atoms with Gasteiger partial charge in [-0.25, -0.2) is 18.0 Å². The highest BCUT2D eigenvalue weighted by Crippen LogP contribution is 2.36. The number of sulfonamides is 1. The van der Waals surface area contributed by atoms with Crippen LogP contribution in [0.1, 0.15) is 31.1 Å². The number of ether oxygens (including phenoxy) is 4. The molecule has 12 heteroatoms. The summed E-state index contributed by atoms with van der Waals surface area (Å²) in [5, 5.41) is 2.56. The molecule has 0 aliphatic heterocycles. The molecule has 0 aromatic heterocycles. The molecule has 0 heterocycles. The van der Waals surface area contributed by atoms with Gasteiger partial charge < -0.3 is 24.3 Å². The van der Waals surface area contributed by atoms with Crippen molar-refractivity contribution < 1.29 is 41.7 Å². The number of carbonyl (C=O) groups excluding carboxylic acids is 3. The second-order valence-corrected chi connectivity index (χ2v) is 8.70. The molecule has 0 atom stereocenters. The van der Waals surface area contributed by atoms with Crippen LogP contribution < -0.4 is 19.1 Å². The molecule has 0 saturated heterocycles. The molecule has 0 aliphatic carbocycles. The number of carbonyl (C=O) groups is 3. The molecule has 2 aromatic rings. The molecule has 0 fully saturated rings. The Bertz CT molecular complexity index is 1160. The van der Waals surface area contributed by atoms with Gasteiger partial charge in [0.25, 0.3) is 5.91 Å². The fourth-order valence-corrected chi connectivity index (χ4v) is 3.37. The van der Waals surface area contributed by atoms with Crippen LogP contribution in [-0.2, 0) is 19.5 Å². The summed E-state index contributed by atoms with van der Waals surface area (Å²) in [5.41, 5.74) is 0.0210. The number of amides is 1. The van der Waals surface area contributed by atoms with Crippen LogP contribution in [0, 0.1) is 0 Å². The van der Waals surface area contributed by atoms with Crippen molar-refractivity contribution in [3.8, 4) is 11.5 Å². The maximum absolute atomic E-state index is 13.2. The van der Waals surface area contributed by atoms with Gasteiger partial charge in [-0.1, -0.05) is 0 Å². The fraction of sp³-hybridized carbons (Fsp3) is 0.286. The maximum atomic E-state index is 13.2. The third kappa shape index (κ3) is 5.71. The lowest BCUT2D eigenvalue weighted by atomic mass is 10.1. The van der Waals surface area contributed by atoms with Crippen molar-refractivity contribution in [2.24, 2.45) is 0 Å². The van der Waals surface area contributed by atoms with Crippen molar-refractivity contribution in [2.75, 3.05) is 51.4 Å². The lowest BCUT2D eigenvalue weighted by Crippen LogP contribution is -2.28. The van der Waals surface area contributed by atoms with E-state index in [0.29, 0.717) is 0 Å². The van der Waals surface area contributed by atoms with Crippen LogP contribution in [0.3, 0.4) is 0 Å². The Balaban J connectivity index is 2.62. The van der Waals surface area contributed by atoms with Crippen LogP contribution in [0.2, 0.25) is 0 Å². The third-order valence-corrected chi connectivity index (χ3v) is 5.81. The summed E-state index contributed by atoms with van der Waals surface area (Å²) < 4.78 is 45.0. The Morgan fingerprint density at radius 2 is 1.30 bits per heavy atom. The van der Waals surface area contributed by atoms with E-state index >= 15 is 0 Å². The van der Waals surface area contributed by atoms with Gasteiger partial charge in [0, 0.05) is 18.8 Å². The largest absolute Gasteiger partial charge is 0.493 e. The molecule has 0 saturated carbocycles. The van der Waals surface area contributed by atoms with E-state index < -0.39 is 27.9 Å². The molecule has 0 unspecified atom stereocenters. The van der Waals surface area contributed by atoms with Gasteiger partial charge in [-0.05, 0) is 24.3 Å². The van der Waals surface area contributed by atoms with E-state index in [2.05, 4.69) is 14.8 Å².